The Morgan fingerprint density at radius 3 is 2.52 bits per heavy atom. The average molecular weight is 317 g/mol. The van der Waals surface area contributed by atoms with Gasteiger partial charge >= 0.3 is 0 Å². The molecule has 1 aromatic carbocycles. The number of benzene rings is 1. The third-order valence-corrected chi connectivity index (χ3v) is 3.99. The molecule has 0 saturated carbocycles. The van der Waals surface area contributed by atoms with E-state index in [4.69, 9.17) is 0 Å². The predicted molar refractivity (Wildman–Crippen MR) is 71.4 cm³/mol. The molecule has 6 nitrogen and oxygen atoms in total. The number of anilines is 1. The van der Waals surface area contributed by atoms with Gasteiger partial charge in [-0.15, -0.1) is 0 Å². The normalized spacial score (nSPS) is 11.9. The number of rotatable bonds is 4. The van der Waals surface area contributed by atoms with Crippen molar-refractivity contribution in [2.24, 2.45) is 0 Å². The molecule has 0 aliphatic heterocycles. The first kappa shape index (κ1) is 15.2. The summed E-state index contributed by atoms with van der Waals surface area (Å²) in [7, 11) is -4.14. The summed E-state index contributed by atoms with van der Waals surface area (Å²) in [6, 6.07) is 1.03. The van der Waals surface area contributed by atoms with Crippen molar-refractivity contribution in [2.45, 2.75) is 24.8 Å². The first-order valence-corrected chi connectivity index (χ1v) is 7.44. The number of aromatic hydroxyl groups is 1. The van der Waals surface area contributed by atoms with E-state index in [-0.39, 0.29) is 10.9 Å². The first-order chi connectivity index (χ1) is 9.70. The number of nitrogens with zero attached hydrogens (tertiary/aromatic N) is 2. The maximum absolute atomic E-state index is 13.5. The lowest BCUT2D eigenvalue weighted by Crippen LogP contribution is -2.14. The molecule has 9 heteroatoms. The van der Waals surface area contributed by atoms with E-state index in [9.17, 15) is 22.3 Å². The van der Waals surface area contributed by atoms with Crippen LogP contribution < -0.4 is 4.72 Å². The van der Waals surface area contributed by atoms with Gasteiger partial charge in [0.1, 0.15) is 22.1 Å². The topological polar surface area (TPSA) is 84.2 Å². The van der Waals surface area contributed by atoms with E-state index >= 15 is 0 Å². The Bertz CT molecular complexity index is 749. The van der Waals surface area contributed by atoms with Crippen LogP contribution in [0.25, 0.3) is 0 Å². The molecule has 2 N–H and O–H groups in total. The van der Waals surface area contributed by atoms with Crippen molar-refractivity contribution in [1.82, 2.24) is 9.78 Å². The second-order valence-corrected chi connectivity index (χ2v) is 6.32. The Kier molecular flexibility index (Phi) is 3.86. The molecule has 0 saturated heterocycles. The molecule has 0 unspecified atom stereocenters. The van der Waals surface area contributed by atoms with Gasteiger partial charge in [0.05, 0.1) is 6.20 Å². The van der Waals surface area contributed by atoms with Gasteiger partial charge in [0.15, 0.2) is 5.82 Å². The molecule has 2 rings (SSSR count). The third-order valence-electron chi connectivity index (χ3n) is 2.69. The fraction of sp³-hybridized carbons (Fsp3) is 0.250. The molecule has 2 aromatic rings. The van der Waals surface area contributed by atoms with Crippen LogP contribution in [0, 0.1) is 11.6 Å². The molecule has 21 heavy (non-hydrogen) atoms. The van der Waals surface area contributed by atoms with Crippen molar-refractivity contribution >= 4 is 15.7 Å². The van der Waals surface area contributed by atoms with E-state index in [1.165, 1.54) is 10.9 Å². The zero-order chi connectivity index (χ0) is 15.8. The Hall–Kier alpha value is -2.16. The minimum absolute atomic E-state index is 0.0510. The molecule has 0 spiro atoms. The lowest BCUT2D eigenvalue weighted by molar-refractivity contribution is 0.464. The van der Waals surface area contributed by atoms with Gasteiger partial charge in [-0.1, -0.05) is 0 Å². The van der Waals surface area contributed by atoms with Gasteiger partial charge in [-0.3, -0.25) is 9.40 Å². The Balaban J connectivity index is 2.37. The number of sulfonamides is 1. The van der Waals surface area contributed by atoms with Gasteiger partial charge in [0, 0.05) is 24.4 Å². The highest BCUT2D eigenvalue weighted by Crippen LogP contribution is 2.29. The van der Waals surface area contributed by atoms with Gasteiger partial charge in [0.25, 0.3) is 10.0 Å². The number of hydrogen-bond acceptors (Lipinski definition) is 4. The minimum Gasteiger partial charge on any atom is -0.506 e. The quantitative estimate of drug-likeness (QED) is 0.847. The SMILES string of the molecule is CC(C)n1cc(S(=O)(=O)Nc2c(O)cc(F)cc2F)cn1. The molecule has 114 valence electrons. The predicted octanol–water partition coefficient (Wildman–Crippen LogP) is 2.25. The number of phenolic OH excluding ortho intramolecular Hbond substituents is 1. The standard InChI is InChI=1S/C12H13F2N3O3S/c1-7(2)17-6-9(5-15-17)21(19,20)16-12-10(14)3-8(13)4-11(12)18/h3-7,16,18H,1-2H3. The van der Waals surface area contributed by atoms with Gasteiger partial charge in [-0.2, -0.15) is 5.10 Å². The number of nitrogens with one attached hydrogen (secondary N) is 1. The second kappa shape index (κ2) is 5.32. The molecule has 0 radical (unpaired) electrons. The van der Waals surface area contributed by atoms with Crippen LogP contribution in [0.1, 0.15) is 19.9 Å². The van der Waals surface area contributed by atoms with Gasteiger partial charge in [-0.25, -0.2) is 17.2 Å². The first-order valence-electron chi connectivity index (χ1n) is 5.95. The monoisotopic (exact) mass is 317 g/mol. The summed E-state index contributed by atoms with van der Waals surface area (Å²) in [5.41, 5.74) is -0.714. The summed E-state index contributed by atoms with van der Waals surface area (Å²) in [6.07, 6.45) is 2.37. The van der Waals surface area contributed by atoms with Crippen molar-refractivity contribution in [3.05, 3.63) is 36.2 Å². The van der Waals surface area contributed by atoms with E-state index in [1.807, 2.05) is 18.6 Å². The number of hydrogen-bond donors (Lipinski definition) is 2. The van der Waals surface area contributed by atoms with Crippen LogP contribution in [-0.2, 0) is 10.0 Å². The molecule has 0 aliphatic rings. The lowest BCUT2D eigenvalue weighted by atomic mass is 10.3. The van der Waals surface area contributed by atoms with Crippen molar-refractivity contribution in [1.29, 1.82) is 0 Å². The van der Waals surface area contributed by atoms with Crippen LogP contribution in [0.4, 0.5) is 14.5 Å². The van der Waals surface area contributed by atoms with Crippen LogP contribution in [0.3, 0.4) is 0 Å². The molecule has 0 atom stereocenters. The summed E-state index contributed by atoms with van der Waals surface area (Å²) >= 11 is 0. The molecular formula is C12H13F2N3O3S. The average Bonchev–Trinajstić information content (AvgIpc) is 2.84. The highest BCUT2D eigenvalue weighted by Gasteiger charge is 2.21. The van der Waals surface area contributed by atoms with Crippen LogP contribution in [0.15, 0.2) is 29.4 Å². The molecule has 1 heterocycles. The van der Waals surface area contributed by atoms with E-state index in [0.29, 0.717) is 12.1 Å². The van der Waals surface area contributed by atoms with E-state index in [2.05, 4.69) is 5.10 Å². The van der Waals surface area contributed by atoms with Crippen LogP contribution >= 0.6 is 0 Å². The molecule has 0 bridgehead atoms. The van der Waals surface area contributed by atoms with Crippen LogP contribution in [-0.4, -0.2) is 23.3 Å². The molecule has 0 amide bonds. The Morgan fingerprint density at radius 2 is 2.00 bits per heavy atom. The van der Waals surface area contributed by atoms with Crippen molar-refractivity contribution in [2.75, 3.05) is 4.72 Å². The number of aromatic nitrogens is 2. The summed E-state index contributed by atoms with van der Waals surface area (Å²) in [5, 5.41) is 13.3. The fourth-order valence-electron chi connectivity index (χ4n) is 1.60. The molecule has 0 aliphatic carbocycles. The zero-order valence-electron chi connectivity index (χ0n) is 11.2. The lowest BCUT2D eigenvalue weighted by Gasteiger charge is -2.09. The van der Waals surface area contributed by atoms with E-state index < -0.39 is 33.1 Å². The fourth-order valence-corrected chi connectivity index (χ4v) is 2.62. The zero-order valence-corrected chi connectivity index (χ0v) is 12.0. The van der Waals surface area contributed by atoms with Gasteiger partial charge < -0.3 is 5.11 Å². The van der Waals surface area contributed by atoms with E-state index in [1.54, 1.807) is 0 Å². The highest BCUT2D eigenvalue weighted by molar-refractivity contribution is 7.92. The van der Waals surface area contributed by atoms with Crippen molar-refractivity contribution < 1.29 is 22.3 Å². The van der Waals surface area contributed by atoms with Gasteiger partial charge in [-0.05, 0) is 13.8 Å². The number of halogens is 2. The number of phenols is 1. The smallest absolute Gasteiger partial charge is 0.265 e. The maximum atomic E-state index is 13.5. The summed E-state index contributed by atoms with van der Waals surface area (Å²) in [5.74, 6) is -3.07. The highest BCUT2D eigenvalue weighted by atomic mass is 32.2. The van der Waals surface area contributed by atoms with Crippen molar-refractivity contribution in [3.8, 4) is 5.75 Å². The third kappa shape index (κ3) is 3.13. The largest absolute Gasteiger partial charge is 0.506 e. The van der Waals surface area contributed by atoms with Crippen molar-refractivity contribution in [3.63, 3.8) is 0 Å². The Labute approximate surface area is 120 Å². The Morgan fingerprint density at radius 1 is 1.33 bits per heavy atom. The van der Waals surface area contributed by atoms with Crippen LogP contribution in [0.2, 0.25) is 0 Å². The molecular weight excluding hydrogens is 304 g/mol. The van der Waals surface area contributed by atoms with Crippen LogP contribution in [0.5, 0.6) is 5.75 Å². The minimum atomic E-state index is -4.14. The summed E-state index contributed by atoms with van der Waals surface area (Å²) < 4.78 is 53.9. The summed E-state index contributed by atoms with van der Waals surface area (Å²) in [6.45, 7) is 3.62. The van der Waals surface area contributed by atoms with E-state index in [0.717, 1.165) is 6.20 Å². The molecule has 1 aromatic heterocycles. The molecule has 0 fully saturated rings. The second-order valence-electron chi connectivity index (χ2n) is 4.64. The maximum Gasteiger partial charge on any atom is 0.265 e. The summed E-state index contributed by atoms with van der Waals surface area (Å²) in [4.78, 5) is -0.195. The van der Waals surface area contributed by atoms with Gasteiger partial charge in [0.2, 0.25) is 0 Å².